The van der Waals surface area contributed by atoms with Gasteiger partial charge in [0, 0.05) is 32.7 Å². The number of carbonyl (C=O) groups excluding carboxylic acids is 2. The molecule has 138 valence electrons. The molecule has 0 aliphatic carbocycles. The first-order valence-electron chi connectivity index (χ1n) is 8.23. The summed E-state index contributed by atoms with van der Waals surface area (Å²) < 4.78 is 12.9. The van der Waals surface area contributed by atoms with E-state index in [4.69, 9.17) is 0 Å². The van der Waals surface area contributed by atoms with Crippen LogP contribution in [0.25, 0.3) is 0 Å². The summed E-state index contributed by atoms with van der Waals surface area (Å²) in [4.78, 5) is 28.5. The molecule has 0 spiro atoms. The lowest BCUT2D eigenvalue weighted by Gasteiger charge is -2.33. The summed E-state index contributed by atoms with van der Waals surface area (Å²) >= 11 is 0. The minimum atomic E-state index is -0.472. The molecule has 0 radical (unpaired) electrons. The van der Waals surface area contributed by atoms with Crippen molar-refractivity contribution in [2.45, 2.75) is 18.9 Å². The van der Waals surface area contributed by atoms with Crippen LogP contribution in [0.5, 0.6) is 0 Å². The number of hydrogen-bond acceptors (Lipinski definition) is 4. The third kappa shape index (κ3) is 4.73. The maximum Gasteiger partial charge on any atom is 0.320 e. The predicted octanol–water partition coefficient (Wildman–Crippen LogP) is 1.18. The number of amides is 3. The van der Waals surface area contributed by atoms with Gasteiger partial charge in [0.25, 0.3) is 5.91 Å². The van der Waals surface area contributed by atoms with Crippen LogP contribution < -0.4 is 16.2 Å². The Morgan fingerprint density at radius 2 is 1.80 bits per heavy atom. The zero-order valence-electron chi connectivity index (χ0n) is 13.8. The number of urea groups is 1. The highest BCUT2D eigenvalue weighted by molar-refractivity contribution is 5.88. The Bertz CT molecular complexity index is 595. The molecule has 1 atom stereocenters. The van der Waals surface area contributed by atoms with Crippen molar-refractivity contribution in [2.24, 2.45) is 0 Å². The molecule has 2 heterocycles. The number of likely N-dealkylation sites (tertiary alicyclic amines) is 1. The smallest absolute Gasteiger partial charge is 0.320 e. The van der Waals surface area contributed by atoms with Crippen LogP contribution >= 0.6 is 12.4 Å². The molecule has 2 aliphatic heterocycles. The largest absolute Gasteiger partial charge is 0.322 e. The highest BCUT2D eigenvalue weighted by Gasteiger charge is 2.36. The van der Waals surface area contributed by atoms with Gasteiger partial charge in [-0.3, -0.25) is 15.6 Å². The van der Waals surface area contributed by atoms with Crippen molar-refractivity contribution >= 4 is 30.0 Å². The monoisotopic (exact) mass is 371 g/mol. The van der Waals surface area contributed by atoms with Gasteiger partial charge >= 0.3 is 6.03 Å². The second-order valence-corrected chi connectivity index (χ2v) is 5.99. The van der Waals surface area contributed by atoms with Crippen molar-refractivity contribution in [3.63, 3.8) is 0 Å². The maximum absolute atomic E-state index is 12.9. The summed E-state index contributed by atoms with van der Waals surface area (Å²) in [5.74, 6) is -0.587. The average molecular weight is 372 g/mol. The average Bonchev–Trinajstić information content (AvgIpc) is 3.11. The maximum atomic E-state index is 12.9. The number of anilines is 1. The van der Waals surface area contributed by atoms with Crippen LogP contribution in [0.1, 0.15) is 12.8 Å². The molecule has 2 fully saturated rings. The molecule has 1 aromatic carbocycles. The lowest BCUT2D eigenvalue weighted by Crippen LogP contribution is -2.55. The second kappa shape index (κ2) is 8.87. The summed E-state index contributed by atoms with van der Waals surface area (Å²) in [6.07, 6.45) is 1.46. The highest BCUT2D eigenvalue weighted by Crippen LogP contribution is 2.19. The number of hydrazine groups is 1. The molecule has 25 heavy (non-hydrogen) atoms. The van der Waals surface area contributed by atoms with Crippen LogP contribution in [0, 0.1) is 5.82 Å². The minimum Gasteiger partial charge on any atom is -0.322 e. The molecular formula is C16H23ClFN5O2. The number of hydrogen-bond donors (Lipinski definition) is 3. The fourth-order valence-corrected chi connectivity index (χ4v) is 3.06. The van der Waals surface area contributed by atoms with Gasteiger partial charge in [-0.25, -0.2) is 9.18 Å². The number of nitrogens with zero attached hydrogens (tertiary/aromatic N) is 2. The SMILES string of the molecule is Cl.O=C(NNc1ccc(F)cc1)C1CCCN1C(=O)N1CCNCC1. The van der Waals surface area contributed by atoms with E-state index in [0.717, 1.165) is 19.5 Å². The van der Waals surface area contributed by atoms with Gasteiger partial charge < -0.3 is 15.1 Å². The third-order valence-corrected chi connectivity index (χ3v) is 4.36. The number of rotatable bonds is 3. The molecule has 3 N–H and O–H groups in total. The topological polar surface area (TPSA) is 76.7 Å². The number of nitrogens with one attached hydrogen (secondary N) is 3. The molecule has 9 heteroatoms. The number of piperazine rings is 1. The van der Waals surface area contributed by atoms with E-state index in [2.05, 4.69) is 16.2 Å². The quantitative estimate of drug-likeness (QED) is 0.697. The summed E-state index contributed by atoms with van der Waals surface area (Å²) in [7, 11) is 0. The van der Waals surface area contributed by atoms with Crippen LogP contribution in [-0.2, 0) is 4.79 Å². The Morgan fingerprint density at radius 1 is 1.12 bits per heavy atom. The third-order valence-electron chi connectivity index (χ3n) is 4.36. The summed E-state index contributed by atoms with van der Waals surface area (Å²) in [6, 6.07) is 5.15. The van der Waals surface area contributed by atoms with Gasteiger partial charge in [0.2, 0.25) is 0 Å². The number of halogens is 2. The molecule has 0 bridgehead atoms. The van der Waals surface area contributed by atoms with E-state index in [-0.39, 0.29) is 30.2 Å². The van der Waals surface area contributed by atoms with Gasteiger partial charge in [0.15, 0.2) is 0 Å². The zero-order valence-corrected chi connectivity index (χ0v) is 14.7. The lowest BCUT2D eigenvalue weighted by atomic mass is 10.2. The predicted molar refractivity (Wildman–Crippen MR) is 95.0 cm³/mol. The van der Waals surface area contributed by atoms with Crippen molar-refractivity contribution in [1.29, 1.82) is 0 Å². The molecular weight excluding hydrogens is 349 g/mol. The van der Waals surface area contributed by atoms with E-state index < -0.39 is 6.04 Å². The van der Waals surface area contributed by atoms with E-state index >= 15 is 0 Å². The van der Waals surface area contributed by atoms with Crippen molar-refractivity contribution in [3.05, 3.63) is 30.1 Å². The van der Waals surface area contributed by atoms with Crippen LogP contribution in [-0.4, -0.2) is 60.5 Å². The van der Waals surface area contributed by atoms with E-state index in [1.807, 2.05) is 0 Å². The Hall–Kier alpha value is -2.06. The Balaban J connectivity index is 0.00000225. The first-order chi connectivity index (χ1) is 11.6. The standard InChI is InChI=1S/C16H22FN5O2.ClH/c17-12-3-5-13(6-4-12)19-20-15(23)14-2-1-9-22(14)16(24)21-10-7-18-8-11-21;/h3-6,14,18-19H,1-2,7-11H2,(H,20,23);1H. The normalized spacial score (nSPS) is 20.0. The van der Waals surface area contributed by atoms with Crippen LogP contribution in [0.15, 0.2) is 24.3 Å². The summed E-state index contributed by atoms with van der Waals surface area (Å²) in [5.41, 5.74) is 5.96. The minimum absolute atomic E-state index is 0. The zero-order chi connectivity index (χ0) is 16.9. The molecule has 2 aliphatic rings. The fraction of sp³-hybridized carbons (Fsp3) is 0.500. The van der Waals surface area contributed by atoms with E-state index in [9.17, 15) is 14.0 Å². The van der Waals surface area contributed by atoms with Gasteiger partial charge in [0.1, 0.15) is 11.9 Å². The van der Waals surface area contributed by atoms with Crippen LogP contribution in [0.3, 0.4) is 0 Å². The van der Waals surface area contributed by atoms with Crippen LogP contribution in [0.4, 0.5) is 14.9 Å². The Morgan fingerprint density at radius 3 is 2.48 bits per heavy atom. The molecule has 1 unspecified atom stereocenters. The molecule has 0 saturated carbocycles. The van der Waals surface area contributed by atoms with Crippen molar-refractivity contribution in [3.8, 4) is 0 Å². The highest BCUT2D eigenvalue weighted by atomic mass is 35.5. The molecule has 7 nitrogen and oxygen atoms in total. The molecule has 1 aromatic rings. The van der Waals surface area contributed by atoms with Gasteiger partial charge in [-0.1, -0.05) is 0 Å². The lowest BCUT2D eigenvalue weighted by molar-refractivity contribution is -0.124. The molecule has 3 rings (SSSR count). The first kappa shape index (κ1) is 19.3. The van der Waals surface area contributed by atoms with Gasteiger partial charge in [-0.05, 0) is 37.1 Å². The van der Waals surface area contributed by atoms with Gasteiger partial charge in [0.05, 0.1) is 5.69 Å². The van der Waals surface area contributed by atoms with Gasteiger partial charge in [-0.15, -0.1) is 12.4 Å². The first-order valence-corrected chi connectivity index (χ1v) is 8.23. The van der Waals surface area contributed by atoms with E-state index in [1.54, 1.807) is 9.80 Å². The summed E-state index contributed by atoms with van der Waals surface area (Å²) in [5, 5.41) is 3.21. The molecule has 2 saturated heterocycles. The Labute approximate surface area is 152 Å². The fourth-order valence-electron chi connectivity index (χ4n) is 3.06. The van der Waals surface area contributed by atoms with Gasteiger partial charge in [-0.2, -0.15) is 0 Å². The Kier molecular flexibility index (Phi) is 6.83. The van der Waals surface area contributed by atoms with Crippen molar-refractivity contribution < 1.29 is 14.0 Å². The van der Waals surface area contributed by atoms with Crippen molar-refractivity contribution in [1.82, 2.24) is 20.5 Å². The number of benzene rings is 1. The second-order valence-electron chi connectivity index (χ2n) is 5.99. The molecule has 3 amide bonds. The van der Waals surface area contributed by atoms with E-state index in [1.165, 1.54) is 24.3 Å². The van der Waals surface area contributed by atoms with E-state index in [0.29, 0.717) is 31.7 Å². The number of carbonyl (C=O) groups is 2. The molecule has 0 aromatic heterocycles. The van der Waals surface area contributed by atoms with Crippen LogP contribution in [0.2, 0.25) is 0 Å². The summed E-state index contributed by atoms with van der Waals surface area (Å²) in [6.45, 7) is 3.48. The van der Waals surface area contributed by atoms with Crippen molar-refractivity contribution in [2.75, 3.05) is 38.1 Å².